The van der Waals surface area contributed by atoms with Crippen molar-refractivity contribution in [3.05, 3.63) is 22.3 Å². The van der Waals surface area contributed by atoms with Crippen molar-refractivity contribution in [1.82, 2.24) is 0 Å². The van der Waals surface area contributed by atoms with E-state index < -0.39 is 11.8 Å². The Bertz CT molecular complexity index is 554. The number of ketones is 1. The van der Waals surface area contributed by atoms with Crippen LogP contribution >= 0.6 is 0 Å². The first-order valence-corrected chi connectivity index (χ1v) is 6.77. The molecule has 0 unspecified atom stereocenters. The Morgan fingerprint density at radius 2 is 1.95 bits per heavy atom. The largest absolute Gasteiger partial charge is 0.425 e. The van der Waals surface area contributed by atoms with Crippen molar-refractivity contribution in [1.29, 1.82) is 0 Å². The highest BCUT2D eigenvalue weighted by atomic mass is 16.7. The van der Waals surface area contributed by atoms with Crippen molar-refractivity contribution in [2.24, 2.45) is 11.8 Å². The van der Waals surface area contributed by atoms with Crippen LogP contribution in [0.5, 0.6) is 0 Å². The molecule has 0 fully saturated rings. The van der Waals surface area contributed by atoms with E-state index in [1.165, 1.54) is 0 Å². The van der Waals surface area contributed by atoms with Gasteiger partial charge in [0.2, 0.25) is 5.79 Å². The minimum Gasteiger partial charge on any atom is -0.425 e. The van der Waals surface area contributed by atoms with Gasteiger partial charge in [-0.05, 0) is 30.8 Å². The molecule has 0 saturated heterocycles. The van der Waals surface area contributed by atoms with Crippen LogP contribution in [0.3, 0.4) is 0 Å². The summed E-state index contributed by atoms with van der Waals surface area (Å²) >= 11 is 0. The number of allylic oxidation sites excluding steroid dienone is 1. The number of fused-ring (bicyclic) bond motifs is 2. The molecule has 0 spiro atoms. The molecular weight excluding hydrogens is 244 g/mol. The summed E-state index contributed by atoms with van der Waals surface area (Å²) in [5, 5.41) is 10.6. The molecule has 3 rings (SSSR count). The highest BCUT2D eigenvalue weighted by Gasteiger charge is 2.52. The Morgan fingerprint density at radius 3 is 2.63 bits per heavy atom. The Balaban J connectivity index is 2.23. The Hall–Kier alpha value is -1.42. The quantitative estimate of drug-likeness (QED) is 0.677. The third kappa shape index (κ3) is 1.62. The van der Waals surface area contributed by atoms with E-state index in [9.17, 15) is 14.7 Å². The molecule has 0 radical (unpaired) electrons. The molecule has 0 amide bonds. The van der Waals surface area contributed by atoms with Crippen LogP contribution in [-0.2, 0) is 14.3 Å². The maximum absolute atomic E-state index is 12.2. The predicted octanol–water partition coefficient (Wildman–Crippen LogP) is 1.88. The van der Waals surface area contributed by atoms with Gasteiger partial charge < -0.3 is 9.84 Å². The monoisotopic (exact) mass is 262 g/mol. The Kier molecular flexibility index (Phi) is 2.52. The van der Waals surface area contributed by atoms with Crippen molar-refractivity contribution in [2.75, 3.05) is 0 Å². The summed E-state index contributed by atoms with van der Waals surface area (Å²) < 4.78 is 5.15. The minimum absolute atomic E-state index is 0.0672. The highest BCUT2D eigenvalue weighted by molar-refractivity contribution is 6.01. The van der Waals surface area contributed by atoms with E-state index in [1.54, 1.807) is 6.92 Å². The van der Waals surface area contributed by atoms with Gasteiger partial charge in [0, 0.05) is 29.6 Å². The van der Waals surface area contributed by atoms with Crippen LogP contribution in [0.25, 0.3) is 0 Å². The van der Waals surface area contributed by atoms with E-state index in [-0.39, 0.29) is 24.0 Å². The molecule has 0 aromatic heterocycles. The van der Waals surface area contributed by atoms with Crippen LogP contribution in [-0.4, -0.2) is 22.6 Å². The van der Waals surface area contributed by atoms with E-state index >= 15 is 0 Å². The summed E-state index contributed by atoms with van der Waals surface area (Å²) in [7, 11) is 0. The van der Waals surface area contributed by atoms with Crippen molar-refractivity contribution in [3.63, 3.8) is 0 Å². The lowest BCUT2D eigenvalue weighted by Crippen LogP contribution is -2.41. The van der Waals surface area contributed by atoms with Gasteiger partial charge in [0.15, 0.2) is 5.78 Å². The maximum Gasteiger partial charge on any atom is 0.337 e. The van der Waals surface area contributed by atoms with Crippen molar-refractivity contribution >= 4 is 11.8 Å². The van der Waals surface area contributed by atoms with Gasteiger partial charge in [-0.15, -0.1) is 0 Å². The predicted molar refractivity (Wildman–Crippen MR) is 68.0 cm³/mol. The molecule has 3 atom stereocenters. The molecule has 4 nitrogen and oxygen atoms in total. The number of hydrogen-bond acceptors (Lipinski definition) is 4. The molecule has 0 aromatic carbocycles. The Labute approximate surface area is 112 Å². The topological polar surface area (TPSA) is 63.6 Å². The summed E-state index contributed by atoms with van der Waals surface area (Å²) in [4.78, 5) is 24.0. The number of ether oxygens (including phenoxy) is 1. The zero-order valence-corrected chi connectivity index (χ0v) is 11.4. The third-order valence-corrected chi connectivity index (χ3v) is 4.42. The van der Waals surface area contributed by atoms with Gasteiger partial charge in [0.25, 0.3) is 0 Å². The fraction of sp³-hybridized carbons (Fsp3) is 0.600. The SMILES string of the molecule is CC1=C2C3=C(C(=O)C[C@@H](C)C3)[C@@H](C)C[C@@]2(O)OC1=O. The molecule has 0 saturated carbocycles. The third-order valence-electron chi connectivity index (χ3n) is 4.42. The van der Waals surface area contributed by atoms with Gasteiger partial charge in [-0.25, -0.2) is 4.79 Å². The van der Waals surface area contributed by atoms with Gasteiger partial charge in [0.05, 0.1) is 0 Å². The van der Waals surface area contributed by atoms with Crippen molar-refractivity contribution in [2.45, 2.75) is 45.8 Å². The summed E-state index contributed by atoms with van der Waals surface area (Å²) in [6.45, 7) is 5.60. The zero-order valence-electron chi connectivity index (χ0n) is 11.4. The smallest absolute Gasteiger partial charge is 0.337 e. The number of esters is 1. The standard InChI is InChI=1S/C15H18O4/c1-7-4-10-12(11(16)5-7)8(2)6-15(18)13(10)9(3)14(17)19-15/h7-8,18H,4-6H2,1-3H3/t7-,8-,15+/m0/s1. The van der Waals surface area contributed by atoms with E-state index in [1.807, 2.05) is 13.8 Å². The summed E-state index contributed by atoms with van der Waals surface area (Å²) in [6, 6.07) is 0. The van der Waals surface area contributed by atoms with Gasteiger partial charge in [-0.1, -0.05) is 13.8 Å². The van der Waals surface area contributed by atoms with Gasteiger partial charge in [-0.3, -0.25) is 4.79 Å². The van der Waals surface area contributed by atoms with Gasteiger partial charge >= 0.3 is 5.97 Å². The van der Waals surface area contributed by atoms with Crippen LogP contribution in [0, 0.1) is 11.8 Å². The summed E-state index contributed by atoms with van der Waals surface area (Å²) in [5.74, 6) is -1.65. The lowest BCUT2D eigenvalue weighted by molar-refractivity contribution is -0.186. The lowest BCUT2D eigenvalue weighted by atomic mass is 9.68. The molecule has 1 heterocycles. The minimum atomic E-state index is -1.52. The van der Waals surface area contributed by atoms with Crippen LogP contribution in [0.4, 0.5) is 0 Å². The summed E-state index contributed by atoms with van der Waals surface area (Å²) in [5.41, 5.74) is 2.66. The van der Waals surface area contributed by atoms with Crippen LogP contribution in [0.1, 0.15) is 40.0 Å². The van der Waals surface area contributed by atoms with Crippen LogP contribution in [0.15, 0.2) is 22.3 Å². The molecule has 0 bridgehead atoms. The second kappa shape index (κ2) is 3.79. The van der Waals surface area contributed by atoms with E-state index in [0.29, 0.717) is 17.6 Å². The number of aliphatic hydroxyl groups is 1. The second-order valence-corrected chi connectivity index (χ2v) is 6.11. The molecule has 4 heteroatoms. The van der Waals surface area contributed by atoms with E-state index in [4.69, 9.17) is 4.74 Å². The molecule has 19 heavy (non-hydrogen) atoms. The number of hydrogen-bond donors (Lipinski definition) is 1. The lowest BCUT2D eigenvalue weighted by Gasteiger charge is -2.39. The highest BCUT2D eigenvalue weighted by Crippen LogP contribution is 2.50. The first-order chi connectivity index (χ1) is 8.83. The fourth-order valence-corrected chi connectivity index (χ4v) is 3.73. The second-order valence-electron chi connectivity index (χ2n) is 6.11. The van der Waals surface area contributed by atoms with Gasteiger partial charge in [0.1, 0.15) is 0 Å². The van der Waals surface area contributed by atoms with Crippen molar-refractivity contribution in [3.8, 4) is 0 Å². The average Bonchev–Trinajstić information content (AvgIpc) is 2.47. The first-order valence-electron chi connectivity index (χ1n) is 6.77. The van der Waals surface area contributed by atoms with E-state index in [0.717, 1.165) is 17.6 Å². The molecule has 102 valence electrons. The fourth-order valence-electron chi connectivity index (χ4n) is 3.73. The number of carbonyl (C=O) groups excluding carboxylic acids is 2. The molecular formula is C15H18O4. The summed E-state index contributed by atoms with van der Waals surface area (Å²) in [6.07, 6.45) is 1.57. The van der Waals surface area contributed by atoms with Crippen LogP contribution < -0.4 is 0 Å². The normalized spacial score (nSPS) is 38.3. The molecule has 1 N–H and O–H groups in total. The molecule has 2 aliphatic carbocycles. The number of rotatable bonds is 0. The molecule has 3 aliphatic rings. The zero-order chi connectivity index (χ0) is 13.9. The molecule has 1 aliphatic heterocycles. The van der Waals surface area contributed by atoms with E-state index in [2.05, 4.69) is 0 Å². The number of carbonyl (C=O) groups is 2. The maximum atomic E-state index is 12.2. The first kappa shape index (κ1) is 12.6. The van der Waals surface area contributed by atoms with Crippen LogP contribution in [0.2, 0.25) is 0 Å². The average molecular weight is 262 g/mol. The van der Waals surface area contributed by atoms with Gasteiger partial charge in [-0.2, -0.15) is 0 Å². The van der Waals surface area contributed by atoms with Crippen molar-refractivity contribution < 1.29 is 19.4 Å². The number of Topliss-reactive ketones (excluding diaryl/α,β-unsaturated/α-hetero) is 1. The molecule has 0 aromatic rings. The Morgan fingerprint density at radius 1 is 1.26 bits per heavy atom.